The van der Waals surface area contributed by atoms with Gasteiger partial charge in [0, 0.05) is 32.5 Å². The number of aliphatic hydroxyl groups is 1. The first-order valence-corrected chi connectivity index (χ1v) is 18.7. The van der Waals surface area contributed by atoms with Crippen LogP contribution in [0.2, 0.25) is 0 Å². The van der Waals surface area contributed by atoms with Gasteiger partial charge in [-0.25, -0.2) is 4.79 Å². The van der Waals surface area contributed by atoms with Crippen LogP contribution < -0.4 is 21.3 Å². The summed E-state index contributed by atoms with van der Waals surface area (Å²) < 4.78 is 0. The predicted octanol–water partition coefficient (Wildman–Crippen LogP) is 3.26. The second kappa shape index (κ2) is 16.9. The molecule has 2 unspecified atom stereocenters. The largest absolute Gasteiger partial charge is 0.381 e. The number of carbonyl (C=O) groups is 6. The molecule has 0 aromatic heterocycles. The zero-order valence-electron chi connectivity index (χ0n) is 32.4. The lowest BCUT2D eigenvalue weighted by Crippen LogP contribution is -2.63. The maximum Gasteiger partial charge on any atom is 0.315 e. The molecule has 0 spiro atoms. The Hall–Kier alpha value is -3.48. The van der Waals surface area contributed by atoms with Crippen LogP contribution in [0.1, 0.15) is 114 Å². The number of fused-ring (bicyclic) bond motifs is 1. The number of rotatable bonds is 14. The summed E-state index contributed by atoms with van der Waals surface area (Å²) in [7, 11) is 0. The van der Waals surface area contributed by atoms with E-state index in [-0.39, 0.29) is 49.6 Å². The lowest BCUT2D eigenvalue weighted by molar-refractivity contribution is -0.153. The summed E-state index contributed by atoms with van der Waals surface area (Å²) in [5.41, 5.74) is -1.72. The zero-order valence-corrected chi connectivity index (χ0v) is 32.4. The van der Waals surface area contributed by atoms with E-state index in [4.69, 9.17) is 0 Å². The smallest absolute Gasteiger partial charge is 0.315 e. The molecule has 13 nitrogen and oxygen atoms in total. The monoisotopic (exact) mass is 716 g/mol. The number of urea groups is 1. The van der Waals surface area contributed by atoms with E-state index in [1.165, 1.54) is 11.0 Å². The van der Waals surface area contributed by atoms with Crippen LogP contribution in [0.15, 0.2) is 12.7 Å². The van der Waals surface area contributed by atoms with Crippen molar-refractivity contribution in [3.05, 3.63) is 12.7 Å². The summed E-state index contributed by atoms with van der Waals surface area (Å²) in [5, 5.41) is 22.3. The van der Waals surface area contributed by atoms with Crippen molar-refractivity contribution >= 4 is 35.6 Å². The van der Waals surface area contributed by atoms with E-state index in [1.807, 2.05) is 62.3 Å². The minimum absolute atomic E-state index is 0.00713. The van der Waals surface area contributed by atoms with Gasteiger partial charge in [-0.3, -0.25) is 28.9 Å². The van der Waals surface area contributed by atoms with Crippen molar-refractivity contribution in [3.8, 4) is 0 Å². The van der Waals surface area contributed by atoms with Crippen molar-refractivity contribution in [2.75, 3.05) is 19.6 Å². The summed E-state index contributed by atoms with van der Waals surface area (Å²) in [4.78, 5) is 83.8. The van der Waals surface area contributed by atoms with Gasteiger partial charge >= 0.3 is 6.03 Å². The fourth-order valence-electron chi connectivity index (χ4n) is 7.61. The van der Waals surface area contributed by atoms with E-state index in [2.05, 4.69) is 27.8 Å². The summed E-state index contributed by atoms with van der Waals surface area (Å²) in [6, 6.07) is -3.91. The van der Waals surface area contributed by atoms with Gasteiger partial charge in [-0.05, 0) is 47.3 Å². The maximum atomic E-state index is 14.5. The van der Waals surface area contributed by atoms with E-state index in [0.29, 0.717) is 19.4 Å². The standard InChI is InChI=1S/C38H64N6O7/c1-11-13-17-25(30(47)33(49)39-18-12-2)40-32(48)29-24-16-14-15-23(24)21-44(29)34(50)31(37(6,7)8)42-35(51)41-26(36(3,4)5)22-43-27(45)19-38(9,10)20-28(43)46/h12,23-26,29-31,47H,2,11,13-22H2,1,3-10H3,(H,39,49)(H,40,48)(H2,41,42,51)/t23-,24-,25?,26+,29-,30?,31+/m0/s1. The molecular weight excluding hydrogens is 652 g/mol. The number of carbonyl (C=O) groups excluding carboxylic acids is 6. The van der Waals surface area contributed by atoms with Crippen LogP contribution in [0.3, 0.4) is 0 Å². The van der Waals surface area contributed by atoms with Crippen LogP contribution in [0.25, 0.3) is 0 Å². The van der Waals surface area contributed by atoms with Gasteiger partial charge in [-0.1, -0.05) is 87.7 Å². The lowest BCUT2D eigenvalue weighted by Gasteiger charge is -2.40. The molecule has 1 aliphatic carbocycles. The molecule has 0 bridgehead atoms. The Labute approximate surface area is 304 Å². The van der Waals surface area contributed by atoms with Crippen molar-refractivity contribution in [1.29, 1.82) is 0 Å². The van der Waals surface area contributed by atoms with Crippen LogP contribution in [0, 0.1) is 28.1 Å². The molecule has 2 aliphatic heterocycles. The van der Waals surface area contributed by atoms with Gasteiger partial charge in [0.05, 0.1) is 12.1 Å². The molecule has 288 valence electrons. The number of unbranched alkanes of at least 4 members (excludes halogenated alkanes) is 1. The Bertz CT molecular complexity index is 1300. The Kier molecular flexibility index (Phi) is 13.9. The van der Waals surface area contributed by atoms with Crippen molar-refractivity contribution in [3.63, 3.8) is 0 Å². The average Bonchev–Trinajstić information content (AvgIpc) is 3.61. The fraction of sp³-hybridized carbons (Fsp3) is 0.789. The van der Waals surface area contributed by atoms with Gasteiger partial charge in [-0.2, -0.15) is 0 Å². The van der Waals surface area contributed by atoms with Crippen LogP contribution in [-0.4, -0.2) is 100 Å². The molecule has 0 aromatic carbocycles. The number of nitrogens with zero attached hydrogens (tertiary/aromatic N) is 2. The third-order valence-electron chi connectivity index (χ3n) is 10.7. The molecule has 3 aliphatic rings. The second-order valence-corrected chi connectivity index (χ2v) is 17.8. The van der Waals surface area contributed by atoms with E-state index in [1.54, 1.807) is 4.90 Å². The maximum absolute atomic E-state index is 14.5. The summed E-state index contributed by atoms with van der Waals surface area (Å²) in [6.45, 7) is 21.1. The van der Waals surface area contributed by atoms with E-state index in [9.17, 15) is 33.9 Å². The first-order chi connectivity index (χ1) is 23.6. The number of amides is 7. The van der Waals surface area contributed by atoms with Crippen LogP contribution in [0.5, 0.6) is 0 Å². The number of hydrogen-bond acceptors (Lipinski definition) is 7. The lowest BCUT2D eigenvalue weighted by atomic mass is 9.80. The second-order valence-electron chi connectivity index (χ2n) is 17.8. The van der Waals surface area contributed by atoms with Crippen LogP contribution in [0.4, 0.5) is 4.79 Å². The van der Waals surface area contributed by atoms with E-state index >= 15 is 0 Å². The number of hydrogen-bond donors (Lipinski definition) is 5. The molecule has 7 amide bonds. The fourth-order valence-corrected chi connectivity index (χ4v) is 7.61. The molecule has 1 saturated carbocycles. The molecule has 5 N–H and O–H groups in total. The van der Waals surface area contributed by atoms with Crippen molar-refractivity contribution in [2.24, 2.45) is 28.1 Å². The number of piperidine rings is 1. The zero-order chi connectivity index (χ0) is 38.5. The van der Waals surface area contributed by atoms with Crippen molar-refractivity contribution in [1.82, 2.24) is 31.1 Å². The number of nitrogens with one attached hydrogen (secondary N) is 4. The summed E-state index contributed by atoms with van der Waals surface area (Å²) >= 11 is 0. The Balaban J connectivity index is 1.83. The van der Waals surface area contributed by atoms with Gasteiger partial charge in [0.2, 0.25) is 23.6 Å². The van der Waals surface area contributed by atoms with Crippen LogP contribution >= 0.6 is 0 Å². The molecule has 2 heterocycles. The first-order valence-electron chi connectivity index (χ1n) is 18.7. The van der Waals surface area contributed by atoms with E-state index in [0.717, 1.165) is 25.7 Å². The Morgan fingerprint density at radius 1 is 0.980 bits per heavy atom. The average molecular weight is 717 g/mol. The SMILES string of the molecule is C=CCNC(=O)C(O)C(CCCC)NC(=O)[C@@H]1[C@H]2CCC[C@H]2CN1C(=O)[C@@H](NC(=O)N[C@H](CN1C(=O)CC(C)(C)CC1=O)C(C)(C)C)C(C)(C)C. The van der Waals surface area contributed by atoms with Gasteiger partial charge in [0.1, 0.15) is 12.1 Å². The third-order valence-corrected chi connectivity index (χ3v) is 10.7. The minimum atomic E-state index is -1.48. The minimum Gasteiger partial charge on any atom is -0.381 e. The number of imide groups is 1. The highest BCUT2D eigenvalue weighted by molar-refractivity contribution is 5.98. The normalized spacial score (nSPS) is 24.2. The highest BCUT2D eigenvalue weighted by Crippen LogP contribution is 2.43. The Morgan fingerprint density at radius 3 is 2.16 bits per heavy atom. The molecule has 51 heavy (non-hydrogen) atoms. The van der Waals surface area contributed by atoms with Gasteiger partial charge in [0.15, 0.2) is 6.10 Å². The molecule has 3 rings (SSSR count). The predicted molar refractivity (Wildman–Crippen MR) is 195 cm³/mol. The molecular formula is C38H64N6O7. The van der Waals surface area contributed by atoms with Gasteiger partial charge in [0.25, 0.3) is 5.91 Å². The van der Waals surface area contributed by atoms with Crippen molar-refractivity contribution in [2.45, 2.75) is 144 Å². The molecule has 0 radical (unpaired) electrons. The molecule has 13 heteroatoms. The number of likely N-dealkylation sites (tertiary alicyclic amines) is 2. The van der Waals surface area contributed by atoms with Gasteiger partial charge in [-0.15, -0.1) is 6.58 Å². The topological polar surface area (TPSA) is 177 Å². The summed E-state index contributed by atoms with van der Waals surface area (Å²) in [6.07, 6.45) is 4.92. The Morgan fingerprint density at radius 2 is 1.61 bits per heavy atom. The van der Waals surface area contributed by atoms with Crippen LogP contribution in [-0.2, 0) is 24.0 Å². The third kappa shape index (κ3) is 10.8. The number of aliphatic hydroxyl groups excluding tert-OH is 1. The molecule has 3 fully saturated rings. The quantitative estimate of drug-likeness (QED) is 0.135. The summed E-state index contributed by atoms with van der Waals surface area (Å²) in [5.74, 6) is -1.94. The highest BCUT2D eigenvalue weighted by Gasteiger charge is 2.52. The van der Waals surface area contributed by atoms with Crippen molar-refractivity contribution < 1.29 is 33.9 Å². The highest BCUT2D eigenvalue weighted by atomic mass is 16.3. The van der Waals surface area contributed by atoms with E-state index < -0.39 is 70.3 Å². The van der Waals surface area contributed by atoms with Gasteiger partial charge < -0.3 is 31.3 Å². The molecule has 2 saturated heterocycles. The molecule has 0 aromatic rings. The molecule has 7 atom stereocenters. The first kappa shape index (κ1) is 41.9.